The van der Waals surface area contributed by atoms with Crippen molar-refractivity contribution >= 4 is 51.2 Å². The molecule has 0 aliphatic heterocycles. The van der Waals surface area contributed by atoms with E-state index >= 15 is 0 Å². The molecular formula is C17H10ClN5OS2. The molecule has 6 nitrogen and oxygen atoms in total. The van der Waals surface area contributed by atoms with Gasteiger partial charge in [0.05, 0.1) is 16.1 Å². The lowest BCUT2D eigenvalue weighted by Crippen LogP contribution is -1.95. The van der Waals surface area contributed by atoms with Gasteiger partial charge in [-0.3, -0.25) is 0 Å². The van der Waals surface area contributed by atoms with E-state index in [9.17, 15) is 0 Å². The molecule has 0 saturated carbocycles. The summed E-state index contributed by atoms with van der Waals surface area (Å²) in [5.74, 6) is 0.506. The molecule has 4 heterocycles. The molecule has 0 amide bonds. The van der Waals surface area contributed by atoms with E-state index in [1.165, 1.54) is 11.8 Å². The molecule has 5 rings (SSSR count). The largest absolute Gasteiger partial charge is 0.410 e. The number of nitrogens with zero attached hydrogens (tertiary/aromatic N) is 5. The van der Waals surface area contributed by atoms with Gasteiger partial charge in [-0.25, -0.2) is 9.50 Å². The minimum Gasteiger partial charge on any atom is -0.410 e. The number of benzene rings is 1. The van der Waals surface area contributed by atoms with Crippen LogP contribution in [-0.4, -0.2) is 24.8 Å². The van der Waals surface area contributed by atoms with E-state index in [2.05, 4.69) is 15.3 Å². The van der Waals surface area contributed by atoms with Crippen molar-refractivity contribution in [3.05, 3.63) is 52.5 Å². The Bertz CT molecular complexity index is 1250. The van der Waals surface area contributed by atoms with Crippen molar-refractivity contribution in [3.8, 4) is 10.8 Å². The van der Waals surface area contributed by atoms with Crippen LogP contribution in [0, 0.1) is 6.92 Å². The molecule has 0 radical (unpaired) electrons. The zero-order valence-corrected chi connectivity index (χ0v) is 15.8. The van der Waals surface area contributed by atoms with Gasteiger partial charge in [0.1, 0.15) is 10.0 Å². The van der Waals surface area contributed by atoms with Gasteiger partial charge in [0.25, 0.3) is 11.1 Å². The molecule has 4 aromatic heterocycles. The number of halogens is 1. The molecule has 128 valence electrons. The molecule has 5 aromatic rings. The minimum atomic E-state index is 0.433. The summed E-state index contributed by atoms with van der Waals surface area (Å²) >= 11 is 9.26. The molecule has 0 fully saturated rings. The van der Waals surface area contributed by atoms with Crippen LogP contribution in [0.15, 0.2) is 56.4 Å². The first-order valence-corrected chi connectivity index (χ1v) is 9.77. The van der Waals surface area contributed by atoms with Crippen LogP contribution in [-0.2, 0) is 0 Å². The summed E-state index contributed by atoms with van der Waals surface area (Å²) in [6.07, 6.45) is 0. The minimum absolute atomic E-state index is 0.433. The molecule has 0 spiro atoms. The zero-order chi connectivity index (χ0) is 17.7. The Morgan fingerprint density at radius 2 is 2.04 bits per heavy atom. The lowest BCUT2D eigenvalue weighted by molar-refractivity contribution is 0.466. The van der Waals surface area contributed by atoms with Crippen molar-refractivity contribution < 1.29 is 4.42 Å². The molecule has 0 saturated heterocycles. The molecule has 9 heteroatoms. The average Bonchev–Trinajstić information content (AvgIpc) is 3.38. The maximum atomic E-state index is 6.38. The van der Waals surface area contributed by atoms with E-state index in [4.69, 9.17) is 21.0 Å². The van der Waals surface area contributed by atoms with Gasteiger partial charge in [-0.15, -0.1) is 21.5 Å². The van der Waals surface area contributed by atoms with Gasteiger partial charge in [0.15, 0.2) is 5.65 Å². The number of rotatable bonds is 3. The van der Waals surface area contributed by atoms with Gasteiger partial charge >= 0.3 is 0 Å². The fourth-order valence-electron chi connectivity index (χ4n) is 2.67. The third kappa shape index (κ3) is 2.49. The number of hydrogen-bond acceptors (Lipinski definition) is 7. The maximum absolute atomic E-state index is 6.38. The summed E-state index contributed by atoms with van der Waals surface area (Å²) < 4.78 is 7.55. The Labute approximate surface area is 160 Å². The van der Waals surface area contributed by atoms with Crippen LogP contribution >= 0.6 is 34.7 Å². The van der Waals surface area contributed by atoms with Gasteiger partial charge in [-0.05, 0) is 36.2 Å². The smallest absolute Gasteiger partial charge is 0.283 e. The average molecular weight is 400 g/mol. The normalized spacial score (nSPS) is 11.6. The molecule has 0 bridgehead atoms. The summed E-state index contributed by atoms with van der Waals surface area (Å²) in [5.41, 5.74) is 2.28. The van der Waals surface area contributed by atoms with Crippen LogP contribution in [0.3, 0.4) is 0 Å². The SMILES string of the molecule is Cc1nn2c(nc(Sc3nnc(-c4cccs4)o3)c3ccccc32)c1Cl. The van der Waals surface area contributed by atoms with Crippen molar-refractivity contribution in [1.29, 1.82) is 0 Å². The molecule has 0 aliphatic carbocycles. The maximum Gasteiger partial charge on any atom is 0.283 e. The Balaban J connectivity index is 1.65. The quantitative estimate of drug-likeness (QED) is 0.393. The topological polar surface area (TPSA) is 69.1 Å². The van der Waals surface area contributed by atoms with Gasteiger partial charge in [-0.1, -0.05) is 35.9 Å². The second kappa shape index (κ2) is 6.08. The third-order valence-electron chi connectivity index (χ3n) is 3.86. The molecule has 0 N–H and O–H groups in total. The highest BCUT2D eigenvalue weighted by atomic mass is 35.5. The first kappa shape index (κ1) is 15.8. The van der Waals surface area contributed by atoms with Gasteiger partial charge in [0.2, 0.25) is 0 Å². The van der Waals surface area contributed by atoms with E-state index in [-0.39, 0.29) is 0 Å². The highest BCUT2D eigenvalue weighted by Gasteiger charge is 2.18. The second-order valence-corrected chi connectivity index (χ2v) is 7.79. The number of fused-ring (bicyclic) bond motifs is 3. The van der Waals surface area contributed by atoms with Crippen molar-refractivity contribution in [1.82, 2.24) is 24.8 Å². The highest BCUT2D eigenvalue weighted by molar-refractivity contribution is 7.99. The van der Waals surface area contributed by atoms with E-state index in [1.807, 2.05) is 48.7 Å². The summed E-state index contributed by atoms with van der Waals surface area (Å²) in [4.78, 5) is 5.63. The number of hydrogen-bond donors (Lipinski definition) is 0. The molecule has 0 unspecified atom stereocenters. The fraction of sp³-hybridized carbons (Fsp3) is 0.0588. The molecule has 26 heavy (non-hydrogen) atoms. The fourth-order valence-corrected chi connectivity index (χ4v) is 4.25. The Morgan fingerprint density at radius 1 is 1.15 bits per heavy atom. The summed E-state index contributed by atoms with van der Waals surface area (Å²) in [7, 11) is 0. The molecular weight excluding hydrogens is 390 g/mol. The van der Waals surface area contributed by atoms with Crippen LogP contribution < -0.4 is 0 Å². The first-order valence-electron chi connectivity index (χ1n) is 7.69. The van der Waals surface area contributed by atoms with Crippen LogP contribution in [0.1, 0.15) is 5.69 Å². The monoisotopic (exact) mass is 399 g/mol. The molecule has 0 aliphatic rings. The molecule has 1 aromatic carbocycles. The Kier molecular flexibility index (Phi) is 3.70. The summed E-state index contributed by atoms with van der Waals surface area (Å²) in [6.45, 7) is 1.86. The van der Waals surface area contributed by atoms with Gasteiger partial charge < -0.3 is 4.42 Å². The van der Waals surface area contributed by atoms with Gasteiger partial charge in [-0.2, -0.15) is 5.10 Å². The predicted molar refractivity (Wildman–Crippen MR) is 102 cm³/mol. The lowest BCUT2D eigenvalue weighted by atomic mass is 10.2. The first-order chi connectivity index (χ1) is 12.7. The van der Waals surface area contributed by atoms with Crippen molar-refractivity contribution in [3.63, 3.8) is 0 Å². The highest BCUT2D eigenvalue weighted by Crippen LogP contribution is 2.35. The van der Waals surface area contributed by atoms with Crippen LogP contribution in [0.4, 0.5) is 0 Å². The van der Waals surface area contributed by atoms with Crippen molar-refractivity contribution in [2.75, 3.05) is 0 Å². The number of aromatic nitrogens is 5. The van der Waals surface area contributed by atoms with Crippen LogP contribution in [0.5, 0.6) is 0 Å². The van der Waals surface area contributed by atoms with Crippen LogP contribution in [0.25, 0.3) is 27.3 Å². The zero-order valence-electron chi connectivity index (χ0n) is 13.4. The molecule has 0 atom stereocenters. The van der Waals surface area contributed by atoms with E-state index in [1.54, 1.807) is 15.9 Å². The van der Waals surface area contributed by atoms with Crippen LogP contribution in [0.2, 0.25) is 5.02 Å². The Morgan fingerprint density at radius 3 is 2.88 bits per heavy atom. The van der Waals surface area contributed by atoms with E-state index in [0.717, 1.165) is 26.5 Å². The van der Waals surface area contributed by atoms with E-state index in [0.29, 0.717) is 21.8 Å². The van der Waals surface area contributed by atoms with Gasteiger partial charge in [0, 0.05) is 5.39 Å². The Hall–Kier alpha value is -2.42. The van der Waals surface area contributed by atoms with E-state index < -0.39 is 0 Å². The number of para-hydroxylation sites is 1. The summed E-state index contributed by atoms with van der Waals surface area (Å²) in [5, 5.41) is 17.4. The van der Waals surface area contributed by atoms with Crippen molar-refractivity contribution in [2.24, 2.45) is 0 Å². The number of thiophene rings is 1. The lowest BCUT2D eigenvalue weighted by Gasteiger charge is -2.05. The standard InChI is InChI=1S/C17H10ClN5OS2/c1-9-13(18)14-19-16(10-5-2-3-6-11(10)23(14)22-9)26-17-21-20-15(24-17)12-7-4-8-25-12/h2-8H,1H3. The number of aryl methyl sites for hydroxylation is 1. The third-order valence-corrected chi connectivity index (χ3v) is 6.00. The van der Waals surface area contributed by atoms with Crippen molar-refractivity contribution in [2.45, 2.75) is 17.2 Å². The predicted octanol–water partition coefficient (Wildman–Crippen LogP) is 5.11. The summed E-state index contributed by atoms with van der Waals surface area (Å²) in [6, 6.07) is 11.8. The second-order valence-electron chi connectivity index (χ2n) is 5.52.